The van der Waals surface area contributed by atoms with Crippen LogP contribution in [-0.4, -0.2) is 34.7 Å². The number of likely N-dealkylation sites (tertiary alicyclic amines) is 1. The molecular weight excluding hydrogens is 394 g/mol. The summed E-state index contributed by atoms with van der Waals surface area (Å²) < 4.78 is 0. The number of nitro benzene ring substituents is 1. The van der Waals surface area contributed by atoms with Gasteiger partial charge in [0.25, 0.3) is 17.5 Å². The highest BCUT2D eigenvalue weighted by atomic mass is 16.6. The van der Waals surface area contributed by atoms with Gasteiger partial charge in [-0.2, -0.15) is 0 Å². The molecule has 1 heterocycles. The Morgan fingerprint density at radius 2 is 1.71 bits per heavy atom. The third kappa shape index (κ3) is 4.45. The maximum Gasteiger partial charge on any atom is 0.270 e. The van der Waals surface area contributed by atoms with Crippen LogP contribution < -0.4 is 5.32 Å². The molecule has 0 spiro atoms. The minimum atomic E-state index is -0.551. The van der Waals surface area contributed by atoms with Gasteiger partial charge in [0, 0.05) is 36.7 Å². The lowest BCUT2D eigenvalue weighted by atomic mass is 9.99. The topological polar surface area (TPSA) is 92.6 Å². The van der Waals surface area contributed by atoms with Crippen LogP contribution in [0, 0.1) is 10.1 Å². The van der Waals surface area contributed by atoms with E-state index in [1.54, 1.807) is 29.2 Å². The molecular formula is C24H21N3O4. The Hall–Kier alpha value is -4.00. The minimum absolute atomic E-state index is 0.145. The number of para-hydroxylation sites is 1. The average Bonchev–Trinajstić information content (AvgIpc) is 3.30. The number of nitrogens with one attached hydrogen (secondary N) is 1. The fraction of sp³-hybridized carbons (Fsp3) is 0.167. The lowest BCUT2D eigenvalue weighted by molar-refractivity contribution is -0.384. The van der Waals surface area contributed by atoms with E-state index in [9.17, 15) is 19.7 Å². The first kappa shape index (κ1) is 20.3. The Kier molecular flexibility index (Phi) is 5.75. The van der Waals surface area contributed by atoms with Gasteiger partial charge in [0.15, 0.2) is 0 Å². The van der Waals surface area contributed by atoms with Gasteiger partial charge >= 0.3 is 0 Å². The molecule has 3 aromatic rings. The predicted octanol–water partition coefficient (Wildman–Crippen LogP) is 4.48. The summed E-state index contributed by atoms with van der Waals surface area (Å²) in [5, 5.41) is 13.7. The zero-order chi connectivity index (χ0) is 21.8. The van der Waals surface area contributed by atoms with Crippen molar-refractivity contribution in [1.29, 1.82) is 0 Å². The number of non-ortho nitro benzene ring substituents is 1. The molecule has 2 amide bonds. The van der Waals surface area contributed by atoms with Gasteiger partial charge in [0.05, 0.1) is 16.2 Å². The van der Waals surface area contributed by atoms with Crippen molar-refractivity contribution in [1.82, 2.24) is 4.90 Å². The third-order valence-electron chi connectivity index (χ3n) is 5.47. The zero-order valence-electron chi connectivity index (χ0n) is 16.7. The van der Waals surface area contributed by atoms with Crippen LogP contribution in [0.1, 0.15) is 38.6 Å². The van der Waals surface area contributed by atoms with E-state index in [0.717, 1.165) is 6.42 Å². The molecule has 0 radical (unpaired) electrons. The van der Waals surface area contributed by atoms with E-state index in [1.165, 1.54) is 29.8 Å². The van der Waals surface area contributed by atoms with Gasteiger partial charge in [-0.1, -0.05) is 48.5 Å². The lowest BCUT2D eigenvalue weighted by Gasteiger charge is -2.19. The van der Waals surface area contributed by atoms with Gasteiger partial charge in [-0.15, -0.1) is 0 Å². The van der Waals surface area contributed by atoms with E-state index in [4.69, 9.17) is 0 Å². The molecule has 1 saturated heterocycles. The van der Waals surface area contributed by atoms with Gasteiger partial charge < -0.3 is 10.2 Å². The van der Waals surface area contributed by atoms with Crippen molar-refractivity contribution < 1.29 is 14.5 Å². The van der Waals surface area contributed by atoms with Crippen LogP contribution in [0.4, 0.5) is 11.4 Å². The largest absolute Gasteiger partial charge is 0.338 e. The van der Waals surface area contributed by atoms with Crippen molar-refractivity contribution in [2.45, 2.75) is 12.3 Å². The second kappa shape index (κ2) is 8.79. The maximum absolute atomic E-state index is 13.2. The maximum atomic E-state index is 13.2. The van der Waals surface area contributed by atoms with E-state index in [2.05, 4.69) is 17.4 Å². The van der Waals surface area contributed by atoms with Crippen molar-refractivity contribution in [3.8, 4) is 0 Å². The Morgan fingerprint density at radius 1 is 0.968 bits per heavy atom. The number of nitrogens with zero attached hydrogens (tertiary/aromatic N) is 2. The number of nitro groups is 1. The number of rotatable bonds is 5. The highest BCUT2D eigenvalue weighted by Crippen LogP contribution is 2.29. The van der Waals surface area contributed by atoms with Crippen LogP contribution in [0.15, 0.2) is 78.9 Å². The van der Waals surface area contributed by atoms with E-state index < -0.39 is 10.8 Å². The second-order valence-corrected chi connectivity index (χ2v) is 7.45. The molecule has 1 fully saturated rings. The monoisotopic (exact) mass is 415 g/mol. The first-order valence-electron chi connectivity index (χ1n) is 10.0. The number of amides is 2. The summed E-state index contributed by atoms with van der Waals surface area (Å²) in [6, 6.07) is 22.4. The SMILES string of the molecule is O=C(Nc1ccccc1C(=O)N1CCC(c2ccccc2)C1)c1cccc([N+](=O)[O-])c1. The first-order chi connectivity index (χ1) is 15.0. The smallest absolute Gasteiger partial charge is 0.270 e. The van der Waals surface area contributed by atoms with Crippen LogP contribution in [-0.2, 0) is 0 Å². The molecule has 7 heteroatoms. The second-order valence-electron chi connectivity index (χ2n) is 7.45. The van der Waals surface area contributed by atoms with Gasteiger partial charge in [-0.25, -0.2) is 0 Å². The molecule has 7 nitrogen and oxygen atoms in total. The molecule has 1 unspecified atom stereocenters. The summed E-state index contributed by atoms with van der Waals surface area (Å²) >= 11 is 0. The quantitative estimate of drug-likeness (QED) is 0.491. The molecule has 3 aromatic carbocycles. The van der Waals surface area contributed by atoms with Gasteiger partial charge in [-0.3, -0.25) is 19.7 Å². The number of carbonyl (C=O) groups is 2. The molecule has 4 rings (SSSR count). The van der Waals surface area contributed by atoms with Crippen molar-refractivity contribution in [3.05, 3.63) is 106 Å². The van der Waals surface area contributed by atoms with E-state index in [-0.39, 0.29) is 23.1 Å². The number of hydrogen-bond acceptors (Lipinski definition) is 4. The van der Waals surface area contributed by atoms with Crippen LogP contribution in [0.25, 0.3) is 0 Å². The molecule has 0 saturated carbocycles. The highest BCUT2D eigenvalue weighted by molar-refractivity contribution is 6.09. The number of benzene rings is 3. The highest BCUT2D eigenvalue weighted by Gasteiger charge is 2.29. The zero-order valence-corrected chi connectivity index (χ0v) is 16.7. The third-order valence-corrected chi connectivity index (χ3v) is 5.47. The van der Waals surface area contributed by atoms with Crippen molar-refractivity contribution >= 4 is 23.2 Å². The van der Waals surface area contributed by atoms with Crippen molar-refractivity contribution in [2.75, 3.05) is 18.4 Å². The first-order valence-corrected chi connectivity index (χ1v) is 10.0. The minimum Gasteiger partial charge on any atom is -0.338 e. The molecule has 1 aliphatic heterocycles. The van der Waals surface area contributed by atoms with Crippen molar-refractivity contribution in [2.24, 2.45) is 0 Å². The van der Waals surface area contributed by atoms with Gasteiger partial charge in [0.2, 0.25) is 0 Å². The Bertz CT molecular complexity index is 1130. The molecule has 156 valence electrons. The standard InChI is InChI=1S/C24H21N3O4/c28-23(18-9-6-10-20(15-18)27(30)31)25-22-12-5-4-11-21(22)24(29)26-14-13-19(16-26)17-7-2-1-3-8-17/h1-12,15,19H,13-14,16H2,(H,25,28). The van der Waals surface area contributed by atoms with Crippen molar-refractivity contribution in [3.63, 3.8) is 0 Å². The fourth-order valence-electron chi connectivity index (χ4n) is 3.85. The Balaban J connectivity index is 1.51. The average molecular weight is 415 g/mol. The Morgan fingerprint density at radius 3 is 2.48 bits per heavy atom. The van der Waals surface area contributed by atoms with E-state index in [1.807, 2.05) is 18.2 Å². The molecule has 1 N–H and O–H groups in total. The van der Waals surface area contributed by atoms with Crippen LogP contribution >= 0.6 is 0 Å². The molecule has 0 bridgehead atoms. The normalized spacial score (nSPS) is 15.5. The molecule has 31 heavy (non-hydrogen) atoms. The lowest BCUT2D eigenvalue weighted by Crippen LogP contribution is -2.29. The molecule has 0 aliphatic carbocycles. The Labute approximate surface area is 179 Å². The summed E-state index contributed by atoms with van der Waals surface area (Å²) in [6.07, 6.45) is 0.887. The molecule has 0 aromatic heterocycles. The number of carbonyl (C=O) groups excluding carboxylic acids is 2. The van der Waals surface area contributed by atoms with Crippen LogP contribution in [0.3, 0.4) is 0 Å². The summed E-state index contributed by atoms with van der Waals surface area (Å²) in [5.74, 6) is -0.363. The summed E-state index contributed by atoms with van der Waals surface area (Å²) in [7, 11) is 0. The summed E-state index contributed by atoms with van der Waals surface area (Å²) in [5.41, 5.74) is 1.98. The summed E-state index contributed by atoms with van der Waals surface area (Å²) in [4.78, 5) is 38.1. The van der Waals surface area contributed by atoms with Crippen LogP contribution in [0.5, 0.6) is 0 Å². The van der Waals surface area contributed by atoms with Gasteiger partial charge in [0.1, 0.15) is 0 Å². The molecule has 1 aliphatic rings. The van der Waals surface area contributed by atoms with Crippen LogP contribution in [0.2, 0.25) is 0 Å². The molecule has 1 atom stereocenters. The number of hydrogen-bond donors (Lipinski definition) is 1. The number of anilines is 1. The van der Waals surface area contributed by atoms with E-state index >= 15 is 0 Å². The summed E-state index contributed by atoms with van der Waals surface area (Å²) in [6.45, 7) is 1.27. The fourth-order valence-corrected chi connectivity index (χ4v) is 3.85. The van der Waals surface area contributed by atoms with Gasteiger partial charge in [-0.05, 0) is 30.2 Å². The van der Waals surface area contributed by atoms with E-state index in [0.29, 0.717) is 24.3 Å². The predicted molar refractivity (Wildman–Crippen MR) is 117 cm³/mol.